The summed E-state index contributed by atoms with van der Waals surface area (Å²) in [5.74, 6) is 5.46. The second-order valence-electron chi connectivity index (χ2n) is 5.42. The van der Waals surface area contributed by atoms with Gasteiger partial charge in [0.1, 0.15) is 4.21 Å². The number of hydrogen-bond acceptors (Lipinski definition) is 7. The molecule has 4 N–H and O–H groups in total. The number of sulfonamides is 1. The van der Waals surface area contributed by atoms with E-state index in [-0.39, 0.29) is 20.3 Å². The Morgan fingerprint density at radius 2 is 2.20 bits per heavy atom. The van der Waals surface area contributed by atoms with Gasteiger partial charge in [0, 0.05) is 12.6 Å². The summed E-state index contributed by atoms with van der Waals surface area (Å²) < 4.78 is 26.5. The number of nitrogens with zero attached hydrogens (tertiary/aromatic N) is 1. The van der Waals surface area contributed by atoms with E-state index < -0.39 is 14.9 Å². The molecule has 0 saturated heterocycles. The number of thiophene rings is 1. The minimum Gasteiger partial charge on any atom is -0.310 e. The minimum absolute atomic E-state index is 0.0159. The third kappa shape index (κ3) is 2.92. The van der Waals surface area contributed by atoms with E-state index >= 15 is 0 Å². The van der Waals surface area contributed by atoms with Crippen LogP contribution in [0.15, 0.2) is 10.3 Å². The van der Waals surface area contributed by atoms with Gasteiger partial charge in [0.05, 0.1) is 4.92 Å². The summed E-state index contributed by atoms with van der Waals surface area (Å²) in [5, 5.41) is 10.8. The van der Waals surface area contributed by atoms with E-state index in [4.69, 9.17) is 5.84 Å². The highest BCUT2D eigenvalue weighted by Crippen LogP contribution is 2.51. The van der Waals surface area contributed by atoms with Gasteiger partial charge in [-0.3, -0.25) is 10.1 Å². The van der Waals surface area contributed by atoms with Gasteiger partial charge in [0.15, 0.2) is 5.00 Å². The van der Waals surface area contributed by atoms with E-state index in [0.717, 1.165) is 23.8 Å². The Hall–Kier alpha value is -1.23. The predicted octanol–water partition coefficient (Wildman–Crippen LogP) is 1.27. The van der Waals surface area contributed by atoms with Crippen molar-refractivity contribution >= 4 is 32.0 Å². The maximum Gasteiger partial charge on any atom is 0.306 e. The summed E-state index contributed by atoms with van der Waals surface area (Å²) in [6.07, 6.45) is 0.968. The molecule has 0 spiro atoms. The summed E-state index contributed by atoms with van der Waals surface area (Å²) in [6, 6.07) is 1.01. The number of hydrazine groups is 1. The van der Waals surface area contributed by atoms with E-state index in [0.29, 0.717) is 12.5 Å². The van der Waals surface area contributed by atoms with Crippen LogP contribution in [0.4, 0.5) is 10.7 Å². The molecule has 2 rings (SSSR count). The summed E-state index contributed by atoms with van der Waals surface area (Å²) in [5.41, 5.74) is 1.96. The molecule has 0 bridgehead atoms. The third-order valence-corrected chi connectivity index (χ3v) is 6.47. The molecule has 1 aromatic rings. The molecule has 112 valence electrons. The second kappa shape index (κ2) is 4.95. The van der Waals surface area contributed by atoms with Crippen LogP contribution in [0.1, 0.15) is 20.3 Å². The van der Waals surface area contributed by atoms with Crippen molar-refractivity contribution in [2.24, 2.45) is 17.2 Å². The Morgan fingerprint density at radius 1 is 1.60 bits per heavy atom. The molecular formula is C10H16N4O4S2. The molecule has 1 heterocycles. The Morgan fingerprint density at radius 3 is 2.60 bits per heavy atom. The Labute approximate surface area is 120 Å². The van der Waals surface area contributed by atoms with Gasteiger partial charge in [-0.1, -0.05) is 25.2 Å². The van der Waals surface area contributed by atoms with Gasteiger partial charge in [-0.15, -0.1) is 0 Å². The van der Waals surface area contributed by atoms with Gasteiger partial charge in [-0.25, -0.2) is 19.0 Å². The Kier molecular flexibility index (Phi) is 3.75. The molecule has 1 unspecified atom stereocenters. The van der Waals surface area contributed by atoms with Crippen LogP contribution < -0.4 is 16.0 Å². The van der Waals surface area contributed by atoms with Crippen LogP contribution in [0.2, 0.25) is 0 Å². The first-order chi connectivity index (χ1) is 9.17. The number of nitrogens with two attached hydrogens (primary N) is 1. The van der Waals surface area contributed by atoms with Crippen LogP contribution in [-0.4, -0.2) is 19.9 Å². The number of nitro groups is 1. The molecule has 1 saturated carbocycles. The first-order valence-electron chi connectivity index (χ1n) is 5.92. The van der Waals surface area contributed by atoms with Gasteiger partial charge in [-0.2, -0.15) is 0 Å². The maximum atomic E-state index is 12.1. The van der Waals surface area contributed by atoms with Crippen LogP contribution in [0.3, 0.4) is 0 Å². The molecule has 1 fully saturated rings. The van der Waals surface area contributed by atoms with Crippen molar-refractivity contribution in [1.82, 2.24) is 4.72 Å². The van der Waals surface area contributed by atoms with E-state index in [1.165, 1.54) is 0 Å². The Balaban J connectivity index is 2.15. The van der Waals surface area contributed by atoms with E-state index in [1.807, 2.05) is 0 Å². The maximum absolute atomic E-state index is 12.1. The lowest BCUT2D eigenvalue weighted by Gasteiger charge is -2.05. The summed E-state index contributed by atoms with van der Waals surface area (Å²) >= 11 is 0.738. The molecule has 10 heteroatoms. The average Bonchev–Trinajstić information content (AvgIpc) is 2.77. The fraction of sp³-hybridized carbons (Fsp3) is 0.600. The van der Waals surface area contributed by atoms with E-state index in [2.05, 4.69) is 24.0 Å². The summed E-state index contributed by atoms with van der Waals surface area (Å²) in [6.45, 7) is 4.48. The fourth-order valence-electron chi connectivity index (χ4n) is 1.94. The molecule has 1 aliphatic rings. The molecule has 8 nitrogen and oxygen atoms in total. The van der Waals surface area contributed by atoms with Crippen LogP contribution >= 0.6 is 11.3 Å². The first-order valence-corrected chi connectivity index (χ1v) is 8.22. The standard InChI is InChI=1S/C10H16N4O4S2/c1-10(2)4-6(10)5-12-20(17,18)8-3-7(14(15)16)9(13-11)19-8/h3,6,12-13H,4-5,11H2,1-2H3. The van der Waals surface area contributed by atoms with E-state index in [9.17, 15) is 18.5 Å². The highest BCUT2D eigenvalue weighted by Gasteiger charge is 2.45. The smallest absolute Gasteiger partial charge is 0.306 e. The monoisotopic (exact) mass is 320 g/mol. The lowest BCUT2D eigenvalue weighted by molar-refractivity contribution is -0.383. The molecular weight excluding hydrogens is 304 g/mol. The normalized spacial score (nSPS) is 20.6. The number of nitrogens with one attached hydrogen (secondary N) is 2. The van der Waals surface area contributed by atoms with Crippen molar-refractivity contribution in [3.05, 3.63) is 16.2 Å². The zero-order valence-electron chi connectivity index (χ0n) is 11.0. The number of rotatable bonds is 6. The SMILES string of the molecule is CC1(C)CC1CNS(=O)(=O)c1cc([N+](=O)[O-])c(NN)s1. The van der Waals surface area contributed by atoms with Gasteiger partial charge in [0.2, 0.25) is 10.0 Å². The van der Waals surface area contributed by atoms with Gasteiger partial charge < -0.3 is 5.43 Å². The largest absolute Gasteiger partial charge is 0.310 e. The minimum atomic E-state index is -3.74. The lowest BCUT2D eigenvalue weighted by Crippen LogP contribution is -2.26. The molecule has 1 aliphatic carbocycles. The topological polar surface area (TPSA) is 127 Å². The first kappa shape index (κ1) is 15.2. The molecule has 0 aliphatic heterocycles. The molecule has 20 heavy (non-hydrogen) atoms. The van der Waals surface area contributed by atoms with Crippen LogP contribution in [-0.2, 0) is 10.0 Å². The van der Waals surface area contributed by atoms with Crippen molar-refractivity contribution in [1.29, 1.82) is 0 Å². The summed E-state index contributed by atoms with van der Waals surface area (Å²) in [7, 11) is -3.74. The van der Waals surface area contributed by atoms with E-state index in [1.54, 1.807) is 0 Å². The van der Waals surface area contributed by atoms with Crippen molar-refractivity contribution in [3.63, 3.8) is 0 Å². The number of nitrogen functional groups attached to an aromatic ring is 1. The van der Waals surface area contributed by atoms with Crippen molar-refractivity contribution in [3.8, 4) is 0 Å². The van der Waals surface area contributed by atoms with Crippen LogP contribution in [0.25, 0.3) is 0 Å². The lowest BCUT2D eigenvalue weighted by atomic mass is 10.1. The van der Waals surface area contributed by atoms with Crippen molar-refractivity contribution in [2.45, 2.75) is 24.5 Å². The van der Waals surface area contributed by atoms with Gasteiger partial charge in [0.25, 0.3) is 0 Å². The quantitative estimate of drug-likeness (QED) is 0.411. The van der Waals surface area contributed by atoms with Gasteiger partial charge >= 0.3 is 5.69 Å². The molecule has 0 aromatic carbocycles. The zero-order chi connectivity index (χ0) is 15.1. The zero-order valence-corrected chi connectivity index (χ0v) is 12.7. The number of anilines is 1. The van der Waals surface area contributed by atoms with Gasteiger partial charge in [-0.05, 0) is 17.8 Å². The highest BCUT2D eigenvalue weighted by molar-refractivity contribution is 7.91. The van der Waals surface area contributed by atoms with Crippen LogP contribution in [0, 0.1) is 21.4 Å². The molecule has 1 atom stereocenters. The highest BCUT2D eigenvalue weighted by atomic mass is 32.2. The predicted molar refractivity (Wildman–Crippen MR) is 75.9 cm³/mol. The van der Waals surface area contributed by atoms with Crippen molar-refractivity contribution < 1.29 is 13.3 Å². The Bertz CT molecular complexity index is 638. The summed E-state index contributed by atoms with van der Waals surface area (Å²) in [4.78, 5) is 10.1. The third-order valence-electron chi connectivity index (χ3n) is 3.52. The number of hydrogen-bond donors (Lipinski definition) is 3. The molecule has 0 radical (unpaired) electrons. The fourth-order valence-corrected chi connectivity index (χ4v) is 4.30. The average molecular weight is 320 g/mol. The van der Waals surface area contributed by atoms with Crippen molar-refractivity contribution in [2.75, 3.05) is 12.0 Å². The second-order valence-corrected chi connectivity index (χ2v) is 8.47. The van der Waals surface area contributed by atoms with Crippen LogP contribution in [0.5, 0.6) is 0 Å². The molecule has 0 amide bonds. The molecule has 1 aromatic heterocycles.